The van der Waals surface area contributed by atoms with Gasteiger partial charge in [0.15, 0.2) is 5.82 Å². The SMILES string of the molecule is CCOCCc1noc([C@H]2CCCNC2)n1. The van der Waals surface area contributed by atoms with Crippen LogP contribution < -0.4 is 5.32 Å². The number of aromatic nitrogens is 2. The highest BCUT2D eigenvalue weighted by atomic mass is 16.5. The minimum absolute atomic E-state index is 0.391. The molecule has 0 radical (unpaired) electrons. The topological polar surface area (TPSA) is 60.2 Å². The first-order valence-corrected chi connectivity index (χ1v) is 6.01. The van der Waals surface area contributed by atoms with Crippen LogP contribution in [0.25, 0.3) is 0 Å². The van der Waals surface area contributed by atoms with Gasteiger partial charge in [0, 0.05) is 19.6 Å². The van der Waals surface area contributed by atoms with Gasteiger partial charge in [-0.1, -0.05) is 5.16 Å². The average molecular weight is 225 g/mol. The van der Waals surface area contributed by atoms with E-state index in [1.807, 2.05) is 6.92 Å². The van der Waals surface area contributed by atoms with Crippen molar-refractivity contribution in [3.63, 3.8) is 0 Å². The third-order valence-corrected chi connectivity index (χ3v) is 2.80. The lowest BCUT2D eigenvalue weighted by Gasteiger charge is -2.18. The molecule has 0 amide bonds. The first-order valence-electron chi connectivity index (χ1n) is 6.01. The Morgan fingerprint density at radius 1 is 1.56 bits per heavy atom. The first kappa shape index (κ1) is 11.5. The maximum absolute atomic E-state index is 5.28. The van der Waals surface area contributed by atoms with Gasteiger partial charge in [0.2, 0.25) is 5.89 Å². The van der Waals surface area contributed by atoms with Crippen LogP contribution >= 0.6 is 0 Å². The molecule has 1 N–H and O–H groups in total. The van der Waals surface area contributed by atoms with Gasteiger partial charge in [0.1, 0.15) is 0 Å². The zero-order valence-corrected chi connectivity index (χ0v) is 9.74. The van der Waals surface area contributed by atoms with Gasteiger partial charge >= 0.3 is 0 Å². The molecule has 2 heterocycles. The lowest BCUT2D eigenvalue weighted by atomic mass is 10.00. The van der Waals surface area contributed by atoms with Crippen LogP contribution in [-0.2, 0) is 11.2 Å². The zero-order chi connectivity index (χ0) is 11.2. The van der Waals surface area contributed by atoms with Crippen LogP contribution in [0, 0.1) is 0 Å². The normalized spacial score (nSPS) is 21.2. The van der Waals surface area contributed by atoms with Gasteiger partial charge in [0.05, 0.1) is 12.5 Å². The molecule has 1 saturated heterocycles. The molecule has 0 bridgehead atoms. The molecule has 16 heavy (non-hydrogen) atoms. The highest BCUT2D eigenvalue weighted by Gasteiger charge is 2.20. The van der Waals surface area contributed by atoms with E-state index in [1.54, 1.807) is 0 Å². The molecule has 1 fully saturated rings. The van der Waals surface area contributed by atoms with Crippen molar-refractivity contribution < 1.29 is 9.26 Å². The van der Waals surface area contributed by atoms with Crippen molar-refractivity contribution in [1.29, 1.82) is 0 Å². The van der Waals surface area contributed by atoms with Crippen LogP contribution in [0.2, 0.25) is 0 Å². The molecule has 1 aliphatic rings. The van der Waals surface area contributed by atoms with Gasteiger partial charge in [-0.3, -0.25) is 0 Å². The molecule has 1 aromatic rings. The van der Waals surface area contributed by atoms with Crippen molar-refractivity contribution in [1.82, 2.24) is 15.5 Å². The summed E-state index contributed by atoms with van der Waals surface area (Å²) in [7, 11) is 0. The molecule has 5 heteroatoms. The molecule has 1 aliphatic heterocycles. The number of ether oxygens (including phenoxy) is 1. The van der Waals surface area contributed by atoms with Crippen molar-refractivity contribution in [2.75, 3.05) is 26.3 Å². The van der Waals surface area contributed by atoms with Crippen molar-refractivity contribution in [2.24, 2.45) is 0 Å². The minimum atomic E-state index is 0.391. The lowest BCUT2D eigenvalue weighted by Crippen LogP contribution is -2.28. The van der Waals surface area contributed by atoms with E-state index in [1.165, 1.54) is 6.42 Å². The number of hydrogen-bond acceptors (Lipinski definition) is 5. The van der Waals surface area contributed by atoms with Gasteiger partial charge in [0.25, 0.3) is 0 Å². The minimum Gasteiger partial charge on any atom is -0.381 e. The fourth-order valence-electron chi connectivity index (χ4n) is 1.91. The molecule has 0 spiro atoms. The maximum atomic E-state index is 5.28. The molecule has 0 aliphatic carbocycles. The standard InChI is InChI=1S/C11H19N3O2/c1-2-15-7-5-10-13-11(16-14-10)9-4-3-6-12-8-9/h9,12H,2-8H2,1H3/t9-/m0/s1. The predicted molar refractivity (Wildman–Crippen MR) is 59.3 cm³/mol. The van der Waals surface area contributed by atoms with Crippen LogP contribution in [0.4, 0.5) is 0 Å². The summed E-state index contributed by atoms with van der Waals surface area (Å²) >= 11 is 0. The molecule has 90 valence electrons. The van der Waals surface area contributed by atoms with Gasteiger partial charge in [-0.15, -0.1) is 0 Å². The molecule has 2 rings (SSSR count). The summed E-state index contributed by atoms with van der Waals surface area (Å²) < 4.78 is 10.5. The Morgan fingerprint density at radius 2 is 2.50 bits per heavy atom. The summed E-state index contributed by atoms with van der Waals surface area (Å²) in [5.41, 5.74) is 0. The number of nitrogens with one attached hydrogen (secondary N) is 1. The Labute approximate surface area is 95.6 Å². The summed E-state index contributed by atoms with van der Waals surface area (Å²) in [4.78, 5) is 4.41. The summed E-state index contributed by atoms with van der Waals surface area (Å²) in [5, 5.41) is 7.31. The number of rotatable bonds is 5. The summed E-state index contributed by atoms with van der Waals surface area (Å²) in [6.45, 7) is 5.43. The van der Waals surface area contributed by atoms with Crippen LogP contribution in [0.5, 0.6) is 0 Å². The van der Waals surface area contributed by atoms with E-state index in [0.717, 1.165) is 44.3 Å². The first-order chi connectivity index (χ1) is 7.90. The molecule has 0 unspecified atom stereocenters. The summed E-state index contributed by atoms with van der Waals surface area (Å²) in [6.07, 6.45) is 3.05. The largest absolute Gasteiger partial charge is 0.381 e. The van der Waals surface area contributed by atoms with Gasteiger partial charge in [-0.25, -0.2) is 0 Å². The third-order valence-electron chi connectivity index (χ3n) is 2.80. The smallest absolute Gasteiger partial charge is 0.231 e. The Morgan fingerprint density at radius 3 is 3.25 bits per heavy atom. The number of hydrogen-bond donors (Lipinski definition) is 1. The van der Waals surface area contributed by atoms with Crippen LogP contribution in [0.15, 0.2) is 4.52 Å². The zero-order valence-electron chi connectivity index (χ0n) is 9.74. The van der Waals surface area contributed by atoms with Crippen LogP contribution in [0.1, 0.15) is 37.4 Å². The fraction of sp³-hybridized carbons (Fsp3) is 0.818. The Kier molecular flexibility index (Phi) is 4.30. The van der Waals surface area contributed by atoms with Crippen molar-refractivity contribution in [3.8, 4) is 0 Å². The maximum Gasteiger partial charge on any atom is 0.231 e. The molecule has 0 saturated carbocycles. The fourth-order valence-corrected chi connectivity index (χ4v) is 1.91. The molecule has 1 aromatic heterocycles. The number of nitrogens with zero attached hydrogens (tertiary/aromatic N) is 2. The molecule has 5 nitrogen and oxygen atoms in total. The average Bonchev–Trinajstić information content (AvgIpc) is 2.79. The Balaban J connectivity index is 1.85. The Bertz CT molecular complexity index is 308. The molecule has 0 aromatic carbocycles. The molecule has 1 atom stereocenters. The predicted octanol–water partition coefficient (Wildman–Crippen LogP) is 1.12. The third kappa shape index (κ3) is 3.02. The monoisotopic (exact) mass is 225 g/mol. The number of piperidine rings is 1. The Hall–Kier alpha value is -0.940. The van der Waals surface area contributed by atoms with Crippen molar-refractivity contribution in [3.05, 3.63) is 11.7 Å². The second kappa shape index (κ2) is 5.96. The van der Waals surface area contributed by atoms with E-state index in [4.69, 9.17) is 9.26 Å². The van der Waals surface area contributed by atoms with Crippen LogP contribution in [-0.4, -0.2) is 36.4 Å². The van der Waals surface area contributed by atoms with E-state index in [-0.39, 0.29) is 0 Å². The lowest BCUT2D eigenvalue weighted by molar-refractivity contribution is 0.149. The van der Waals surface area contributed by atoms with E-state index < -0.39 is 0 Å². The van der Waals surface area contributed by atoms with E-state index in [0.29, 0.717) is 12.5 Å². The van der Waals surface area contributed by atoms with Crippen LogP contribution in [0.3, 0.4) is 0 Å². The highest BCUT2D eigenvalue weighted by Crippen LogP contribution is 2.21. The van der Waals surface area contributed by atoms with Gasteiger partial charge < -0.3 is 14.6 Å². The van der Waals surface area contributed by atoms with E-state index in [9.17, 15) is 0 Å². The second-order valence-corrected chi connectivity index (χ2v) is 4.04. The van der Waals surface area contributed by atoms with Crippen molar-refractivity contribution in [2.45, 2.75) is 32.1 Å². The van der Waals surface area contributed by atoms with Gasteiger partial charge in [-0.2, -0.15) is 4.98 Å². The van der Waals surface area contributed by atoms with E-state index >= 15 is 0 Å². The van der Waals surface area contributed by atoms with Gasteiger partial charge in [-0.05, 0) is 26.3 Å². The van der Waals surface area contributed by atoms with E-state index in [2.05, 4.69) is 15.5 Å². The quantitative estimate of drug-likeness (QED) is 0.761. The summed E-state index contributed by atoms with van der Waals surface area (Å²) in [5.74, 6) is 1.93. The highest BCUT2D eigenvalue weighted by molar-refractivity contribution is 4.96. The van der Waals surface area contributed by atoms with Crippen molar-refractivity contribution >= 4 is 0 Å². The summed E-state index contributed by atoms with van der Waals surface area (Å²) in [6, 6.07) is 0. The molecular formula is C11H19N3O2. The molecular weight excluding hydrogens is 206 g/mol. The second-order valence-electron chi connectivity index (χ2n) is 4.04.